The third kappa shape index (κ3) is 21.2. The summed E-state index contributed by atoms with van der Waals surface area (Å²) in [6, 6.07) is 11.4. The molecule has 3 aliphatic heterocycles. The van der Waals surface area contributed by atoms with Gasteiger partial charge in [-0.2, -0.15) is 0 Å². The molecule has 26 heteroatoms. The van der Waals surface area contributed by atoms with Gasteiger partial charge in [-0.3, -0.25) is 57.5 Å². The van der Waals surface area contributed by atoms with Gasteiger partial charge in [0.15, 0.2) is 0 Å². The van der Waals surface area contributed by atoms with Crippen LogP contribution < -0.4 is 26.0 Å². The molecule has 3 fully saturated rings. The predicted octanol–water partition coefficient (Wildman–Crippen LogP) is 4.37. The van der Waals surface area contributed by atoms with Gasteiger partial charge in [0.1, 0.15) is 59.6 Å². The quantitative estimate of drug-likeness (QED) is 0.163. The number of nitrogens with zero attached hydrogens (tertiary/aromatic N) is 8. The van der Waals surface area contributed by atoms with Gasteiger partial charge in [0.2, 0.25) is 70.9 Å². The van der Waals surface area contributed by atoms with E-state index < -0.39 is 150 Å². The number of rotatable bonds is 14. The Morgan fingerprint density at radius 3 is 1.77 bits per heavy atom. The molecule has 3 aliphatic rings. The summed E-state index contributed by atoms with van der Waals surface area (Å²) in [5.74, 6) is -8.26. The van der Waals surface area contributed by atoms with Gasteiger partial charge in [-0.05, 0) is 141 Å². The van der Waals surface area contributed by atoms with Crippen molar-refractivity contribution in [2.75, 3.05) is 82.1 Å². The highest BCUT2D eigenvalue weighted by molar-refractivity contribution is 14.1. The van der Waals surface area contributed by atoms with Crippen molar-refractivity contribution in [3.63, 3.8) is 0 Å². The zero-order valence-electron chi connectivity index (χ0n) is 61.4. The average molecular weight is 1500 g/mol. The standard InChI is InChI=1S/C74H107IN12O13/c1-17-48(7)64-72(98)81(11)44-63(90)87-35-32-57(87)70(96)84(14)59(41-50-26-24-47(6)25-27-50)69(95)80(10)43-61(88)76-54(40-51-22-21-23-52(75)38-51)65(91)77-56(39-49-28-30-53(100-16)31-29-49)68(94)85(15)74(8,9)73(99)78-55(36-45(2)3)67(93)83(13)60(71(97)86-33-19-18-20-34-86)42-62(89)82(12)58(37-46(4)5)66(92)79-64/h21-31,38,45-46,48,54-60,64H,17-20,32-37,39-44H2,1-16H3,(H,76,88)(H,77,91)(H,78,99)(H,79,92)/t48-,54-,55-,56-,57?,58-,59-,60-,64-/m0/s1. The highest BCUT2D eigenvalue weighted by atomic mass is 127. The number of hydrogen-bond donors (Lipinski definition) is 4. The molecule has 25 nitrogen and oxygen atoms in total. The van der Waals surface area contributed by atoms with Gasteiger partial charge in [0.25, 0.3) is 0 Å². The Kier molecular flexibility index (Phi) is 29.4. The van der Waals surface area contributed by atoms with Crippen LogP contribution in [0.2, 0.25) is 0 Å². The van der Waals surface area contributed by atoms with Crippen LogP contribution in [0.1, 0.15) is 129 Å². The van der Waals surface area contributed by atoms with Gasteiger partial charge in [0, 0.05) is 84.8 Å². The number of carbonyl (C=O) groups is 12. The second-order valence-electron chi connectivity index (χ2n) is 28.7. The Bertz CT molecular complexity index is 3420. The fraction of sp³-hybridized carbons (Fsp3) is 0.595. The minimum absolute atomic E-state index is 0.0110. The highest BCUT2D eigenvalue weighted by Gasteiger charge is 2.46. The molecule has 0 aliphatic carbocycles. The maximum absolute atomic E-state index is 15.4. The molecular formula is C74H107IN12O13. The van der Waals surface area contributed by atoms with Crippen molar-refractivity contribution < 1.29 is 62.3 Å². The lowest BCUT2D eigenvalue weighted by atomic mass is 9.95. The highest BCUT2D eigenvalue weighted by Crippen LogP contribution is 2.27. The maximum Gasteiger partial charge on any atom is 0.246 e. The van der Waals surface area contributed by atoms with E-state index in [1.807, 2.05) is 77.9 Å². The summed E-state index contributed by atoms with van der Waals surface area (Å²) in [7, 11) is 10.0. The number of ether oxygens (including phenoxy) is 1. The fourth-order valence-corrected chi connectivity index (χ4v) is 13.4. The Morgan fingerprint density at radius 1 is 0.590 bits per heavy atom. The molecule has 100 heavy (non-hydrogen) atoms. The van der Waals surface area contributed by atoms with Crippen LogP contribution in [-0.2, 0) is 76.8 Å². The number of benzene rings is 3. The third-order valence-corrected chi connectivity index (χ3v) is 20.5. The van der Waals surface area contributed by atoms with Crippen LogP contribution in [0.4, 0.5) is 0 Å². The molecule has 0 aromatic heterocycles. The molecule has 12 amide bonds. The van der Waals surface area contributed by atoms with E-state index in [-0.39, 0.29) is 56.9 Å². The Labute approximate surface area is 604 Å². The van der Waals surface area contributed by atoms with Crippen LogP contribution in [0, 0.1) is 28.2 Å². The summed E-state index contributed by atoms with van der Waals surface area (Å²) in [5.41, 5.74) is 1.12. The molecular weight excluding hydrogens is 1390 g/mol. The van der Waals surface area contributed by atoms with Gasteiger partial charge in [-0.25, -0.2) is 0 Å². The monoisotopic (exact) mass is 1500 g/mol. The number of piperidine rings is 1. The zero-order valence-corrected chi connectivity index (χ0v) is 63.5. The number of hydrogen-bond acceptors (Lipinski definition) is 13. The number of nitrogens with one attached hydrogen (secondary N) is 4. The molecule has 3 aromatic rings. The first kappa shape index (κ1) is 80.8. The molecule has 1 unspecified atom stereocenters. The molecule has 0 radical (unpaired) electrons. The number of likely N-dealkylation sites (tertiary alicyclic amines) is 1. The van der Waals surface area contributed by atoms with E-state index in [1.54, 1.807) is 48.2 Å². The van der Waals surface area contributed by atoms with Gasteiger partial charge in [-0.1, -0.05) is 102 Å². The first-order valence-electron chi connectivity index (χ1n) is 34.9. The van der Waals surface area contributed by atoms with Gasteiger partial charge in [0.05, 0.1) is 26.6 Å². The SMILES string of the molecule is CC[C@H](C)[C@@H]1NC(=O)[C@H](CC(C)C)N(C)C(=O)C[C@@H](C(=O)N2CCCCC2)N(C)C(=O)[C@H](CC(C)C)NC(=O)C(C)(C)N(C)C(=O)[C@H](Cc2ccc(OC)cc2)NC(=O)[C@H](Cc2cccc(I)c2)NC(=O)CN(C)C(=O)[C@H](Cc2ccc(C)cc2)N(C)C(=O)C2CCN2C(=O)CN(C)C1=O. The maximum atomic E-state index is 15.4. The largest absolute Gasteiger partial charge is 0.497 e. The number of amides is 12. The van der Waals surface area contributed by atoms with Crippen molar-refractivity contribution >= 4 is 93.5 Å². The first-order valence-corrected chi connectivity index (χ1v) is 35.9. The lowest BCUT2D eigenvalue weighted by Crippen LogP contribution is -2.64. The number of likely N-dealkylation sites (N-methyl/N-ethyl adjacent to an activating group) is 6. The molecule has 6 rings (SSSR count). The summed E-state index contributed by atoms with van der Waals surface area (Å²) in [6.07, 6.45) is 2.36. The van der Waals surface area contributed by atoms with Crippen molar-refractivity contribution in [1.29, 1.82) is 0 Å². The van der Waals surface area contributed by atoms with E-state index in [4.69, 9.17) is 4.74 Å². The van der Waals surface area contributed by atoms with Crippen molar-refractivity contribution in [3.05, 3.63) is 98.6 Å². The molecule has 0 saturated carbocycles. The summed E-state index contributed by atoms with van der Waals surface area (Å²) in [4.78, 5) is 189. The smallest absolute Gasteiger partial charge is 0.246 e. The normalized spacial score (nSPS) is 24.3. The number of fused-ring (bicyclic) bond motifs is 1. The van der Waals surface area contributed by atoms with Gasteiger partial charge in [-0.15, -0.1) is 0 Å². The second kappa shape index (κ2) is 36.4. The van der Waals surface area contributed by atoms with E-state index in [2.05, 4.69) is 43.9 Å². The molecule has 3 heterocycles. The van der Waals surface area contributed by atoms with Crippen LogP contribution in [0.25, 0.3) is 0 Å². The average Bonchev–Trinajstić information content (AvgIpc) is 0.801. The second-order valence-corrected chi connectivity index (χ2v) is 29.9. The van der Waals surface area contributed by atoms with Crippen LogP contribution >= 0.6 is 22.6 Å². The first-order chi connectivity index (χ1) is 47.1. The van der Waals surface area contributed by atoms with Gasteiger partial charge >= 0.3 is 0 Å². The number of aryl methyl sites for hydroxylation is 1. The summed E-state index contributed by atoms with van der Waals surface area (Å²) in [5, 5.41) is 11.6. The van der Waals surface area contributed by atoms with Crippen LogP contribution in [0.5, 0.6) is 5.75 Å². The number of methoxy groups -OCH3 is 1. The Morgan fingerprint density at radius 2 is 1.19 bits per heavy atom. The molecule has 4 N–H and O–H groups in total. The lowest BCUT2D eigenvalue weighted by Gasteiger charge is -2.43. The van der Waals surface area contributed by atoms with Crippen molar-refractivity contribution in [2.45, 2.75) is 187 Å². The molecule has 0 bridgehead atoms. The zero-order chi connectivity index (χ0) is 74.2. The molecule has 3 aromatic carbocycles. The van der Waals surface area contributed by atoms with E-state index in [9.17, 15) is 38.4 Å². The van der Waals surface area contributed by atoms with Crippen LogP contribution in [-0.4, -0.2) is 246 Å². The van der Waals surface area contributed by atoms with E-state index in [1.165, 1.54) is 92.6 Å². The predicted molar refractivity (Wildman–Crippen MR) is 387 cm³/mol. The minimum atomic E-state index is -1.76. The summed E-state index contributed by atoms with van der Waals surface area (Å²) in [6.45, 7) is 15.8. The number of carbonyl (C=O) groups excluding carboxylic acids is 12. The lowest BCUT2D eigenvalue weighted by molar-refractivity contribution is -0.157. The van der Waals surface area contributed by atoms with E-state index in [0.29, 0.717) is 54.8 Å². The topological polar surface area (TPSA) is 288 Å². The molecule has 9 atom stereocenters. The van der Waals surface area contributed by atoms with E-state index in [0.717, 1.165) is 20.5 Å². The van der Waals surface area contributed by atoms with Crippen LogP contribution in [0.15, 0.2) is 72.8 Å². The van der Waals surface area contributed by atoms with Crippen LogP contribution in [0.3, 0.4) is 0 Å². The third-order valence-electron chi connectivity index (χ3n) is 19.8. The van der Waals surface area contributed by atoms with Crippen molar-refractivity contribution in [3.8, 4) is 5.75 Å². The van der Waals surface area contributed by atoms with Crippen molar-refractivity contribution in [2.24, 2.45) is 17.8 Å². The fourth-order valence-electron chi connectivity index (χ4n) is 12.8. The summed E-state index contributed by atoms with van der Waals surface area (Å²) < 4.78 is 6.25. The Hall–Kier alpha value is -8.17. The number of halogens is 1. The van der Waals surface area contributed by atoms with E-state index >= 15 is 19.2 Å². The Balaban J connectivity index is 1.46. The molecule has 3 saturated heterocycles. The molecule has 0 spiro atoms. The minimum Gasteiger partial charge on any atom is -0.497 e. The van der Waals surface area contributed by atoms with Crippen molar-refractivity contribution in [1.82, 2.24) is 60.5 Å². The molecule has 548 valence electrons. The van der Waals surface area contributed by atoms with Gasteiger partial charge < -0.3 is 65.2 Å². The summed E-state index contributed by atoms with van der Waals surface area (Å²) >= 11 is 2.13.